The van der Waals surface area contributed by atoms with Crippen molar-refractivity contribution in [2.75, 3.05) is 6.54 Å². The first-order valence-electron chi connectivity index (χ1n) is 3.53. The van der Waals surface area contributed by atoms with Gasteiger partial charge in [-0.1, -0.05) is 19.8 Å². The van der Waals surface area contributed by atoms with Crippen LogP contribution in [0, 0.1) is 0 Å². The minimum Gasteiger partial charge on any atom is -0.281 e. The van der Waals surface area contributed by atoms with E-state index in [1.165, 1.54) is 0 Å². The summed E-state index contributed by atoms with van der Waals surface area (Å²) in [5.74, 6) is 0. The maximum atomic E-state index is 10.1. The highest BCUT2D eigenvalue weighted by atomic mass is 32.2. The van der Waals surface area contributed by atoms with Crippen molar-refractivity contribution < 1.29 is 13.0 Å². The zero-order chi connectivity index (χ0) is 8.74. The highest BCUT2D eigenvalue weighted by molar-refractivity contribution is 7.99. The molecule has 5 heteroatoms. The Hall–Kier alpha value is -0.420. The summed E-state index contributed by atoms with van der Waals surface area (Å²) in [6, 6.07) is 0. The van der Waals surface area contributed by atoms with Gasteiger partial charge in [-0.3, -0.25) is 9.55 Å². The standard InChI is InChI=1S/C6H13NO3S/c1-2-3-4-5-7-6-11(8,9)10/h6H,2-5H2,1H3,(H,8,9,10). The third kappa shape index (κ3) is 9.58. The van der Waals surface area contributed by atoms with E-state index in [-0.39, 0.29) is 0 Å². The summed E-state index contributed by atoms with van der Waals surface area (Å²) < 4.78 is 28.3. The summed E-state index contributed by atoms with van der Waals surface area (Å²) in [5.41, 5.74) is 0.586. The predicted octanol–water partition coefficient (Wildman–Crippen LogP) is 1.09. The Morgan fingerprint density at radius 2 is 2.09 bits per heavy atom. The van der Waals surface area contributed by atoms with Gasteiger partial charge in [0.15, 0.2) is 0 Å². The van der Waals surface area contributed by atoms with Gasteiger partial charge in [-0.05, 0) is 6.42 Å². The molecule has 4 nitrogen and oxygen atoms in total. The topological polar surface area (TPSA) is 66.7 Å². The summed E-state index contributed by atoms with van der Waals surface area (Å²) in [6.07, 6.45) is 2.97. The predicted molar refractivity (Wildman–Crippen MR) is 44.4 cm³/mol. The van der Waals surface area contributed by atoms with Crippen LogP contribution in [0.3, 0.4) is 0 Å². The van der Waals surface area contributed by atoms with Crippen molar-refractivity contribution in [2.45, 2.75) is 26.2 Å². The molecule has 1 N–H and O–H groups in total. The lowest BCUT2D eigenvalue weighted by Crippen LogP contribution is -1.97. The van der Waals surface area contributed by atoms with Gasteiger partial charge in [-0.2, -0.15) is 8.42 Å². The van der Waals surface area contributed by atoms with Gasteiger partial charge in [0.2, 0.25) is 0 Å². The van der Waals surface area contributed by atoms with Crippen molar-refractivity contribution in [3.63, 3.8) is 0 Å². The van der Waals surface area contributed by atoms with Crippen LogP contribution in [0.5, 0.6) is 0 Å². The average Bonchev–Trinajstić information content (AvgIpc) is 1.85. The molecule has 0 bridgehead atoms. The third-order valence-corrected chi connectivity index (χ3v) is 1.51. The van der Waals surface area contributed by atoms with Crippen molar-refractivity contribution in [1.82, 2.24) is 0 Å². The van der Waals surface area contributed by atoms with E-state index in [2.05, 4.69) is 4.99 Å². The molecule has 66 valence electrons. The van der Waals surface area contributed by atoms with E-state index in [9.17, 15) is 8.42 Å². The minimum atomic E-state index is -4.00. The van der Waals surface area contributed by atoms with Crippen LogP contribution < -0.4 is 0 Å². The molecule has 0 aliphatic carbocycles. The Morgan fingerprint density at radius 1 is 1.45 bits per heavy atom. The molecule has 0 unspecified atom stereocenters. The molecule has 0 aromatic rings. The maximum absolute atomic E-state index is 10.1. The Balaban J connectivity index is 3.46. The van der Waals surface area contributed by atoms with E-state index in [4.69, 9.17) is 4.55 Å². The van der Waals surface area contributed by atoms with Gasteiger partial charge in [0, 0.05) is 6.54 Å². The molecule has 0 spiro atoms. The molecule has 0 saturated carbocycles. The number of hydrogen-bond donors (Lipinski definition) is 1. The molecule has 0 aliphatic rings. The average molecular weight is 179 g/mol. The highest BCUT2D eigenvalue weighted by Gasteiger charge is 1.94. The van der Waals surface area contributed by atoms with Gasteiger partial charge >= 0.3 is 10.1 Å². The second-order valence-electron chi connectivity index (χ2n) is 2.23. The van der Waals surface area contributed by atoms with E-state index < -0.39 is 10.1 Å². The zero-order valence-corrected chi connectivity index (χ0v) is 7.34. The molecule has 0 rings (SSSR count). The number of aliphatic imine (C=N–C) groups is 1. The van der Waals surface area contributed by atoms with Gasteiger partial charge in [0.25, 0.3) is 0 Å². The smallest absolute Gasteiger partial charge is 0.281 e. The van der Waals surface area contributed by atoms with Gasteiger partial charge in [0.05, 0.1) is 0 Å². The Labute approximate surface area is 67.1 Å². The van der Waals surface area contributed by atoms with Crippen molar-refractivity contribution in [1.29, 1.82) is 0 Å². The van der Waals surface area contributed by atoms with Crippen LogP contribution in [-0.4, -0.2) is 25.1 Å². The van der Waals surface area contributed by atoms with E-state index in [0.717, 1.165) is 19.3 Å². The second-order valence-corrected chi connectivity index (χ2v) is 3.47. The lowest BCUT2D eigenvalue weighted by atomic mass is 10.3. The SMILES string of the molecule is CCCCCN=CS(=O)(=O)O. The third-order valence-electron chi connectivity index (χ3n) is 1.10. The molecular formula is C6H13NO3S. The molecule has 11 heavy (non-hydrogen) atoms. The van der Waals surface area contributed by atoms with Crippen LogP contribution in [0.15, 0.2) is 4.99 Å². The fourth-order valence-corrected chi connectivity index (χ4v) is 0.894. The molecule has 0 aliphatic heterocycles. The Morgan fingerprint density at radius 3 is 2.55 bits per heavy atom. The minimum absolute atomic E-state index is 0.466. The normalized spacial score (nSPS) is 12.5. The molecule has 0 radical (unpaired) electrons. The molecular weight excluding hydrogens is 166 g/mol. The molecule has 0 aromatic heterocycles. The fourth-order valence-electron chi connectivity index (χ4n) is 0.600. The van der Waals surface area contributed by atoms with Gasteiger partial charge in [-0.25, -0.2) is 0 Å². The maximum Gasteiger partial charge on any atom is 0.304 e. The summed E-state index contributed by atoms with van der Waals surface area (Å²) in [4.78, 5) is 3.52. The fraction of sp³-hybridized carbons (Fsp3) is 0.833. The zero-order valence-electron chi connectivity index (χ0n) is 6.52. The van der Waals surface area contributed by atoms with E-state index >= 15 is 0 Å². The van der Waals surface area contributed by atoms with Crippen molar-refractivity contribution in [2.24, 2.45) is 4.99 Å². The Kier molecular flexibility index (Phi) is 5.06. The van der Waals surface area contributed by atoms with Crippen LogP contribution in [-0.2, 0) is 10.1 Å². The first kappa shape index (κ1) is 10.6. The molecule has 0 amide bonds. The largest absolute Gasteiger partial charge is 0.304 e. The molecule has 0 saturated heterocycles. The molecule has 0 fully saturated rings. The van der Waals surface area contributed by atoms with E-state index in [0.29, 0.717) is 12.1 Å². The number of hydrogen-bond acceptors (Lipinski definition) is 3. The molecule has 0 atom stereocenters. The highest BCUT2D eigenvalue weighted by Crippen LogP contribution is 1.93. The molecule has 0 aromatic carbocycles. The Bertz CT molecular complexity index is 208. The summed E-state index contributed by atoms with van der Waals surface area (Å²) in [5, 5.41) is 0. The van der Waals surface area contributed by atoms with Crippen LogP contribution in [0.1, 0.15) is 26.2 Å². The van der Waals surface area contributed by atoms with Crippen LogP contribution in [0.2, 0.25) is 0 Å². The van der Waals surface area contributed by atoms with E-state index in [1.807, 2.05) is 6.92 Å². The number of nitrogens with zero attached hydrogens (tertiary/aromatic N) is 1. The van der Waals surface area contributed by atoms with Gasteiger partial charge < -0.3 is 0 Å². The first-order chi connectivity index (χ1) is 5.06. The van der Waals surface area contributed by atoms with Crippen LogP contribution in [0.4, 0.5) is 0 Å². The van der Waals surface area contributed by atoms with Crippen molar-refractivity contribution >= 4 is 15.7 Å². The van der Waals surface area contributed by atoms with Crippen LogP contribution in [0.25, 0.3) is 0 Å². The summed E-state index contributed by atoms with van der Waals surface area (Å²) in [7, 11) is -4.00. The van der Waals surface area contributed by atoms with Crippen molar-refractivity contribution in [3.05, 3.63) is 0 Å². The first-order valence-corrected chi connectivity index (χ1v) is 5.04. The number of unbranched alkanes of at least 4 members (excludes halogenated alkanes) is 2. The van der Waals surface area contributed by atoms with Crippen LogP contribution >= 0.6 is 0 Å². The van der Waals surface area contributed by atoms with Crippen molar-refractivity contribution in [3.8, 4) is 0 Å². The van der Waals surface area contributed by atoms with Gasteiger partial charge in [0.1, 0.15) is 5.55 Å². The lowest BCUT2D eigenvalue weighted by Gasteiger charge is -1.90. The molecule has 0 heterocycles. The monoisotopic (exact) mass is 179 g/mol. The summed E-state index contributed by atoms with van der Waals surface area (Å²) in [6.45, 7) is 2.51. The van der Waals surface area contributed by atoms with E-state index in [1.54, 1.807) is 0 Å². The van der Waals surface area contributed by atoms with Gasteiger partial charge in [-0.15, -0.1) is 0 Å². The summed E-state index contributed by atoms with van der Waals surface area (Å²) >= 11 is 0. The number of rotatable bonds is 5. The quantitative estimate of drug-likeness (QED) is 0.297. The lowest BCUT2D eigenvalue weighted by molar-refractivity contribution is 0.499. The second kappa shape index (κ2) is 5.26.